The SMILES string of the molecule is COc1cc(C(F)(F)CO)c(Br)cc1O. The van der Waals surface area contributed by atoms with E-state index in [2.05, 4.69) is 15.9 Å². The number of aliphatic hydroxyl groups excluding tert-OH is 1. The van der Waals surface area contributed by atoms with Crippen LogP contribution in [0.5, 0.6) is 11.5 Å². The molecule has 84 valence electrons. The van der Waals surface area contributed by atoms with Gasteiger partial charge in [-0.3, -0.25) is 0 Å². The van der Waals surface area contributed by atoms with Gasteiger partial charge in [-0.1, -0.05) is 15.9 Å². The minimum atomic E-state index is -3.38. The molecule has 3 nitrogen and oxygen atoms in total. The summed E-state index contributed by atoms with van der Waals surface area (Å²) in [7, 11) is 1.25. The van der Waals surface area contributed by atoms with Gasteiger partial charge in [0.2, 0.25) is 0 Å². The van der Waals surface area contributed by atoms with Gasteiger partial charge in [0.05, 0.1) is 7.11 Å². The average molecular weight is 283 g/mol. The summed E-state index contributed by atoms with van der Waals surface area (Å²) in [6.07, 6.45) is 0. The minimum absolute atomic E-state index is 0.0138. The van der Waals surface area contributed by atoms with Crippen LogP contribution in [0.1, 0.15) is 5.56 Å². The highest BCUT2D eigenvalue weighted by Gasteiger charge is 2.33. The highest BCUT2D eigenvalue weighted by atomic mass is 79.9. The molecule has 0 bridgehead atoms. The van der Waals surface area contributed by atoms with Crippen molar-refractivity contribution in [2.24, 2.45) is 0 Å². The second kappa shape index (κ2) is 4.32. The first-order valence-corrected chi connectivity index (χ1v) is 4.77. The Kier molecular flexibility index (Phi) is 3.51. The number of aromatic hydroxyl groups is 1. The van der Waals surface area contributed by atoms with Gasteiger partial charge in [0, 0.05) is 10.0 Å². The van der Waals surface area contributed by atoms with Crippen molar-refractivity contribution in [2.75, 3.05) is 13.7 Å². The van der Waals surface area contributed by atoms with Crippen molar-refractivity contribution in [2.45, 2.75) is 5.92 Å². The molecule has 0 saturated carbocycles. The van der Waals surface area contributed by atoms with Gasteiger partial charge < -0.3 is 14.9 Å². The molecule has 0 aromatic heterocycles. The lowest BCUT2D eigenvalue weighted by Crippen LogP contribution is -2.19. The molecular weight excluding hydrogens is 274 g/mol. The zero-order valence-electron chi connectivity index (χ0n) is 7.80. The van der Waals surface area contributed by atoms with Crippen molar-refractivity contribution in [3.8, 4) is 11.5 Å². The fourth-order valence-corrected chi connectivity index (χ4v) is 1.69. The first kappa shape index (κ1) is 12.2. The molecule has 0 spiro atoms. The zero-order chi connectivity index (χ0) is 11.6. The summed E-state index contributed by atoms with van der Waals surface area (Å²) in [5.74, 6) is -3.69. The molecule has 0 unspecified atom stereocenters. The number of hydrogen-bond donors (Lipinski definition) is 2. The van der Waals surface area contributed by atoms with Crippen LogP contribution < -0.4 is 4.74 Å². The number of rotatable bonds is 3. The van der Waals surface area contributed by atoms with Crippen molar-refractivity contribution < 1.29 is 23.7 Å². The number of methoxy groups -OCH3 is 1. The predicted molar refractivity (Wildman–Crippen MR) is 53.3 cm³/mol. The summed E-state index contributed by atoms with van der Waals surface area (Å²) in [4.78, 5) is 0. The van der Waals surface area contributed by atoms with Gasteiger partial charge in [-0.2, -0.15) is 8.78 Å². The standard InChI is InChI=1S/C9H9BrF2O3/c1-15-8-2-5(9(11,12)4-13)6(10)3-7(8)14/h2-3,13-14H,4H2,1H3. The Morgan fingerprint density at radius 1 is 1.47 bits per heavy atom. The van der Waals surface area contributed by atoms with Crippen molar-refractivity contribution in [3.05, 3.63) is 22.2 Å². The Bertz CT molecular complexity index is 369. The smallest absolute Gasteiger partial charge is 0.297 e. The highest BCUT2D eigenvalue weighted by molar-refractivity contribution is 9.10. The first-order chi connectivity index (χ1) is 6.92. The van der Waals surface area contributed by atoms with Gasteiger partial charge in [0.1, 0.15) is 6.61 Å². The summed E-state index contributed by atoms with van der Waals surface area (Å²) in [6, 6.07) is 2.08. The Balaban J connectivity index is 3.30. The molecule has 0 saturated heterocycles. The largest absolute Gasteiger partial charge is 0.504 e. The monoisotopic (exact) mass is 282 g/mol. The molecule has 15 heavy (non-hydrogen) atoms. The van der Waals surface area contributed by atoms with E-state index in [0.717, 1.165) is 12.1 Å². The summed E-state index contributed by atoms with van der Waals surface area (Å²) in [6.45, 7) is -1.31. The Labute approximate surface area is 93.4 Å². The molecule has 0 atom stereocenters. The van der Waals surface area contributed by atoms with Gasteiger partial charge in [-0.05, 0) is 12.1 Å². The van der Waals surface area contributed by atoms with Crippen LogP contribution in [-0.2, 0) is 5.92 Å². The van der Waals surface area contributed by atoms with Crippen LogP contribution in [0.3, 0.4) is 0 Å². The molecule has 0 heterocycles. The normalized spacial score (nSPS) is 11.5. The Hall–Kier alpha value is -0.880. The van der Waals surface area contributed by atoms with E-state index in [-0.39, 0.29) is 16.0 Å². The minimum Gasteiger partial charge on any atom is -0.504 e. The van der Waals surface area contributed by atoms with E-state index in [9.17, 15) is 13.9 Å². The number of benzene rings is 1. The van der Waals surface area contributed by atoms with E-state index in [1.807, 2.05) is 0 Å². The van der Waals surface area contributed by atoms with E-state index in [1.165, 1.54) is 7.11 Å². The van der Waals surface area contributed by atoms with Crippen LogP contribution in [0, 0.1) is 0 Å². The van der Waals surface area contributed by atoms with Crippen LogP contribution in [-0.4, -0.2) is 23.9 Å². The second-order valence-corrected chi connectivity index (χ2v) is 3.72. The molecule has 0 radical (unpaired) electrons. The molecule has 0 fully saturated rings. The lowest BCUT2D eigenvalue weighted by atomic mass is 10.1. The predicted octanol–water partition coefficient (Wildman–Crippen LogP) is 2.25. The molecule has 0 aliphatic heterocycles. The topological polar surface area (TPSA) is 49.7 Å². The summed E-state index contributed by atoms with van der Waals surface area (Å²) in [5.41, 5.74) is -0.431. The molecule has 2 N–H and O–H groups in total. The average Bonchev–Trinajstić information content (AvgIpc) is 2.17. The fourth-order valence-electron chi connectivity index (χ4n) is 1.07. The van der Waals surface area contributed by atoms with Gasteiger partial charge in [0.15, 0.2) is 11.5 Å². The van der Waals surface area contributed by atoms with E-state index in [4.69, 9.17) is 9.84 Å². The number of phenols is 1. The zero-order valence-corrected chi connectivity index (χ0v) is 9.38. The lowest BCUT2D eigenvalue weighted by Gasteiger charge is -2.16. The van der Waals surface area contributed by atoms with Crippen molar-refractivity contribution in [1.29, 1.82) is 0 Å². The maximum atomic E-state index is 13.2. The molecular formula is C9H9BrF2O3. The molecule has 6 heteroatoms. The lowest BCUT2D eigenvalue weighted by molar-refractivity contribution is -0.0563. The number of phenolic OH excluding ortho intramolecular Hbond substituents is 1. The third-order valence-corrected chi connectivity index (χ3v) is 2.52. The van der Waals surface area contributed by atoms with Gasteiger partial charge in [-0.25, -0.2) is 0 Å². The number of aliphatic hydroxyl groups is 1. The molecule has 1 aromatic rings. The van der Waals surface area contributed by atoms with Gasteiger partial charge >= 0.3 is 0 Å². The molecule has 1 rings (SSSR count). The van der Waals surface area contributed by atoms with Crippen molar-refractivity contribution >= 4 is 15.9 Å². The van der Waals surface area contributed by atoms with Crippen LogP contribution >= 0.6 is 15.9 Å². The maximum Gasteiger partial charge on any atom is 0.297 e. The number of hydrogen-bond acceptors (Lipinski definition) is 3. The summed E-state index contributed by atoms with van der Waals surface area (Å²) >= 11 is 2.88. The first-order valence-electron chi connectivity index (χ1n) is 3.98. The van der Waals surface area contributed by atoms with Crippen LogP contribution in [0.4, 0.5) is 8.78 Å². The van der Waals surface area contributed by atoms with Gasteiger partial charge in [-0.15, -0.1) is 0 Å². The highest BCUT2D eigenvalue weighted by Crippen LogP contribution is 2.39. The van der Waals surface area contributed by atoms with Crippen LogP contribution in [0.2, 0.25) is 0 Å². The quantitative estimate of drug-likeness (QED) is 0.894. The Morgan fingerprint density at radius 3 is 2.53 bits per heavy atom. The van der Waals surface area contributed by atoms with E-state index >= 15 is 0 Å². The maximum absolute atomic E-state index is 13.2. The third-order valence-electron chi connectivity index (χ3n) is 1.86. The number of ether oxygens (including phenoxy) is 1. The fraction of sp³-hybridized carbons (Fsp3) is 0.333. The van der Waals surface area contributed by atoms with Crippen LogP contribution in [0.25, 0.3) is 0 Å². The molecule has 1 aromatic carbocycles. The van der Waals surface area contributed by atoms with Gasteiger partial charge in [0.25, 0.3) is 5.92 Å². The summed E-state index contributed by atoms with van der Waals surface area (Å²) in [5, 5.41) is 17.8. The summed E-state index contributed by atoms with van der Waals surface area (Å²) < 4.78 is 31.1. The molecule has 0 amide bonds. The second-order valence-electron chi connectivity index (χ2n) is 2.87. The van der Waals surface area contributed by atoms with E-state index in [1.54, 1.807) is 0 Å². The third kappa shape index (κ3) is 2.38. The molecule has 0 aliphatic rings. The van der Waals surface area contributed by atoms with Crippen molar-refractivity contribution in [1.82, 2.24) is 0 Å². The number of alkyl halides is 2. The van der Waals surface area contributed by atoms with E-state index in [0.29, 0.717) is 0 Å². The van der Waals surface area contributed by atoms with Crippen molar-refractivity contribution in [3.63, 3.8) is 0 Å². The number of halogens is 3. The van der Waals surface area contributed by atoms with Crippen LogP contribution in [0.15, 0.2) is 16.6 Å². The Morgan fingerprint density at radius 2 is 2.07 bits per heavy atom. The molecule has 0 aliphatic carbocycles. The van der Waals surface area contributed by atoms with E-state index < -0.39 is 18.1 Å².